The summed E-state index contributed by atoms with van der Waals surface area (Å²) in [6.45, 7) is 22.9. The van der Waals surface area contributed by atoms with E-state index >= 15 is 0 Å². The first kappa shape index (κ1) is 34.4. The molecular formula is C31H57NO4. The van der Waals surface area contributed by atoms with Crippen molar-refractivity contribution in [2.24, 2.45) is 47.2 Å². The number of nitrogens with two attached hydrogens (primary N) is 1. The summed E-state index contributed by atoms with van der Waals surface area (Å²) in [4.78, 5) is 11.6. The molecule has 5 heteroatoms. The number of allylic oxidation sites excluding steroid dienone is 3. The second kappa shape index (κ2) is 17.0. The lowest BCUT2D eigenvalue weighted by Crippen LogP contribution is -2.41. The van der Waals surface area contributed by atoms with Gasteiger partial charge >= 0.3 is 6.09 Å². The number of hydrogen-bond acceptors (Lipinski definition) is 4. The van der Waals surface area contributed by atoms with Gasteiger partial charge in [0.25, 0.3) is 0 Å². The number of primary amides is 1. The first-order valence-corrected chi connectivity index (χ1v) is 14.0. The lowest BCUT2D eigenvalue weighted by Gasteiger charge is -2.33. The van der Waals surface area contributed by atoms with Crippen molar-refractivity contribution in [1.29, 1.82) is 0 Å². The molecule has 0 saturated carbocycles. The summed E-state index contributed by atoms with van der Waals surface area (Å²) in [6, 6.07) is 0. The standard InChI is InChI=1S/C31H57NO4/c1-12-19(3)14-15-22(6)30(36-31(32)35)27(11)29(34)25(9)17-20(4)16-24(8)28(33)26(10)18-23(7)21(5)13-2/h14-16,18-19,21-22,24-30,33-34H,12-13,17H2,1-11H3,(H2,32,35)/b15-14-,20-16-,23-18-/t19?,21-,22-,24-,25-,26-,27-,28+,29+,30-/m0/s1. The van der Waals surface area contributed by atoms with E-state index < -0.39 is 24.4 Å². The van der Waals surface area contributed by atoms with Crippen LogP contribution in [0.25, 0.3) is 0 Å². The molecular weight excluding hydrogens is 450 g/mol. The molecule has 0 rings (SSSR count). The zero-order valence-electron chi connectivity index (χ0n) is 25.0. The predicted molar refractivity (Wildman–Crippen MR) is 152 cm³/mol. The maximum atomic E-state index is 11.6. The van der Waals surface area contributed by atoms with Gasteiger partial charge in [-0.1, -0.05) is 104 Å². The maximum Gasteiger partial charge on any atom is 0.404 e. The van der Waals surface area contributed by atoms with Gasteiger partial charge in [-0.15, -0.1) is 0 Å². The molecule has 5 nitrogen and oxygen atoms in total. The van der Waals surface area contributed by atoms with Crippen LogP contribution in [0.1, 0.15) is 95.4 Å². The summed E-state index contributed by atoms with van der Waals surface area (Å²) in [5.74, 6) is 0.625. The lowest BCUT2D eigenvalue weighted by atomic mass is 9.81. The minimum atomic E-state index is -0.818. The zero-order chi connectivity index (χ0) is 28.2. The van der Waals surface area contributed by atoms with Crippen molar-refractivity contribution in [3.63, 3.8) is 0 Å². The SMILES string of the molecule is CCC(C)/C=C\[C@H](C)[C@H](OC(N)=O)[C@@H](C)[C@H](O)[C@@H](C)C/C(C)=C\[C@H](C)[C@@H](O)[C@@H](C)/C=C(/C)[C@@H](C)CC. The molecule has 0 saturated heterocycles. The molecule has 210 valence electrons. The van der Waals surface area contributed by atoms with E-state index in [9.17, 15) is 15.0 Å². The Balaban J connectivity index is 5.35. The number of aliphatic hydroxyl groups excluding tert-OH is 2. The Morgan fingerprint density at radius 3 is 1.89 bits per heavy atom. The highest BCUT2D eigenvalue weighted by Crippen LogP contribution is 2.29. The van der Waals surface area contributed by atoms with E-state index in [4.69, 9.17) is 10.5 Å². The highest BCUT2D eigenvalue weighted by molar-refractivity contribution is 5.64. The average molecular weight is 508 g/mol. The second-order valence-corrected chi connectivity index (χ2v) is 11.5. The molecule has 0 radical (unpaired) electrons. The molecule has 36 heavy (non-hydrogen) atoms. The average Bonchev–Trinajstić information content (AvgIpc) is 2.82. The smallest absolute Gasteiger partial charge is 0.404 e. The van der Waals surface area contributed by atoms with Gasteiger partial charge in [-0.25, -0.2) is 4.79 Å². The number of amides is 1. The highest BCUT2D eigenvalue weighted by atomic mass is 16.6. The molecule has 1 unspecified atom stereocenters. The molecule has 0 aromatic carbocycles. The van der Waals surface area contributed by atoms with Crippen molar-refractivity contribution in [2.45, 2.75) is 114 Å². The van der Waals surface area contributed by atoms with Crippen LogP contribution in [0, 0.1) is 41.4 Å². The van der Waals surface area contributed by atoms with Gasteiger partial charge in [0.2, 0.25) is 0 Å². The van der Waals surface area contributed by atoms with E-state index in [-0.39, 0.29) is 29.6 Å². The molecule has 0 aliphatic carbocycles. The Bertz CT molecular complexity index is 728. The zero-order valence-corrected chi connectivity index (χ0v) is 25.0. The van der Waals surface area contributed by atoms with E-state index in [1.54, 1.807) is 0 Å². The van der Waals surface area contributed by atoms with Gasteiger partial charge in [-0.05, 0) is 44.4 Å². The normalized spacial score (nSPS) is 21.7. The highest BCUT2D eigenvalue weighted by Gasteiger charge is 2.33. The van der Waals surface area contributed by atoms with Gasteiger partial charge in [0, 0.05) is 23.7 Å². The molecule has 0 spiro atoms. The second-order valence-electron chi connectivity index (χ2n) is 11.5. The van der Waals surface area contributed by atoms with Gasteiger partial charge in [0.15, 0.2) is 0 Å². The maximum absolute atomic E-state index is 11.6. The molecule has 10 atom stereocenters. The molecule has 0 bridgehead atoms. The number of ether oxygens (including phenoxy) is 1. The molecule has 4 N–H and O–H groups in total. The quantitative estimate of drug-likeness (QED) is 0.191. The Morgan fingerprint density at radius 1 is 0.833 bits per heavy atom. The van der Waals surface area contributed by atoms with E-state index in [2.05, 4.69) is 72.8 Å². The van der Waals surface area contributed by atoms with E-state index in [0.29, 0.717) is 18.3 Å². The van der Waals surface area contributed by atoms with Crippen LogP contribution in [0.2, 0.25) is 0 Å². The fraction of sp³-hybridized carbons (Fsp3) is 0.774. The van der Waals surface area contributed by atoms with Crippen LogP contribution >= 0.6 is 0 Å². The Hall–Kier alpha value is -1.59. The van der Waals surface area contributed by atoms with E-state index in [1.807, 2.05) is 27.7 Å². The van der Waals surface area contributed by atoms with Crippen molar-refractivity contribution in [1.82, 2.24) is 0 Å². The van der Waals surface area contributed by atoms with Gasteiger partial charge < -0.3 is 20.7 Å². The topological polar surface area (TPSA) is 92.8 Å². The molecule has 0 aromatic rings. The third-order valence-electron chi connectivity index (χ3n) is 7.98. The number of hydrogen-bond donors (Lipinski definition) is 3. The van der Waals surface area contributed by atoms with Crippen LogP contribution in [-0.2, 0) is 4.74 Å². The molecule has 0 heterocycles. The van der Waals surface area contributed by atoms with Crippen molar-refractivity contribution in [3.8, 4) is 0 Å². The van der Waals surface area contributed by atoms with Crippen molar-refractivity contribution in [3.05, 3.63) is 35.5 Å². The Kier molecular flexibility index (Phi) is 16.3. The van der Waals surface area contributed by atoms with Crippen LogP contribution in [0.15, 0.2) is 35.5 Å². The van der Waals surface area contributed by atoms with Gasteiger partial charge in [-0.3, -0.25) is 0 Å². The molecule has 0 aliphatic heterocycles. The van der Waals surface area contributed by atoms with Gasteiger partial charge in [0.1, 0.15) is 6.10 Å². The third kappa shape index (κ3) is 12.1. The van der Waals surface area contributed by atoms with Crippen LogP contribution in [0.4, 0.5) is 4.79 Å². The van der Waals surface area contributed by atoms with E-state index in [0.717, 1.165) is 18.4 Å². The van der Waals surface area contributed by atoms with Crippen molar-refractivity contribution in [2.75, 3.05) is 0 Å². The summed E-state index contributed by atoms with van der Waals surface area (Å²) < 4.78 is 5.47. The van der Waals surface area contributed by atoms with Crippen molar-refractivity contribution >= 4 is 6.09 Å². The van der Waals surface area contributed by atoms with Gasteiger partial charge in [-0.2, -0.15) is 0 Å². The fourth-order valence-corrected chi connectivity index (χ4v) is 4.87. The third-order valence-corrected chi connectivity index (χ3v) is 7.98. The monoisotopic (exact) mass is 507 g/mol. The summed E-state index contributed by atoms with van der Waals surface area (Å²) >= 11 is 0. The first-order chi connectivity index (χ1) is 16.7. The summed E-state index contributed by atoms with van der Waals surface area (Å²) in [7, 11) is 0. The van der Waals surface area contributed by atoms with Gasteiger partial charge in [0.05, 0.1) is 12.2 Å². The summed E-state index contributed by atoms with van der Waals surface area (Å²) in [5, 5.41) is 22.0. The fourth-order valence-electron chi connectivity index (χ4n) is 4.87. The Labute approximate surface area is 222 Å². The first-order valence-electron chi connectivity index (χ1n) is 14.0. The number of carbonyl (C=O) groups is 1. The summed E-state index contributed by atoms with van der Waals surface area (Å²) in [6.07, 6.45) is 8.86. The minimum Gasteiger partial charge on any atom is -0.445 e. The molecule has 0 aromatic heterocycles. The minimum absolute atomic E-state index is 0.000549. The molecule has 0 aliphatic rings. The number of aliphatic hydroxyl groups is 2. The van der Waals surface area contributed by atoms with Crippen LogP contribution in [0.5, 0.6) is 0 Å². The van der Waals surface area contributed by atoms with Crippen LogP contribution in [-0.4, -0.2) is 34.6 Å². The summed E-state index contributed by atoms with van der Waals surface area (Å²) in [5.41, 5.74) is 7.82. The van der Waals surface area contributed by atoms with Crippen molar-refractivity contribution < 1.29 is 19.7 Å². The predicted octanol–water partition coefficient (Wildman–Crippen LogP) is 7.28. The molecule has 0 fully saturated rings. The number of carbonyl (C=O) groups excluding carboxylic acids is 1. The lowest BCUT2D eigenvalue weighted by molar-refractivity contribution is -0.0266. The van der Waals surface area contributed by atoms with Crippen LogP contribution in [0.3, 0.4) is 0 Å². The largest absolute Gasteiger partial charge is 0.445 e. The van der Waals surface area contributed by atoms with Crippen LogP contribution < -0.4 is 5.73 Å². The Morgan fingerprint density at radius 2 is 1.39 bits per heavy atom. The number of rotatable bonds is 16. The van der Waals surface area contributed by atoms with E-state index in [1.165, 1.54) is 5.57 Å². The molecule has 1 amide bonds.